The van der Waals surface area contributed by atoms with E-state index in [9.17, 15) is 14.4 Å². The van der Waals surface area contributed by atoms with Crippen molar-refractivity contribution in [2.24, 2.45) is 5.92 Å². The molecule has 0 aromatic carbocycles. The fourth-order valence-corrected chi connectivity index (χ4v) is 5.70. The molecular weight excluding hydrogens is 468 g/mol. The summed E-state index contributed by atoms with van der Waals surface area (Å²) in [6, 6.07) is -0.826. The molecule has 1 saturated heterocycles. The second kappa shape index (κ2) is 11.0. The zero-order valence-electron chi connectivity index (χ0n) is 18.4. The molecule has 1 aromatic heterocycles. The van der Waals surface area contributed by atoms with Gasteiger partial charge in [-0.3, -0.25) is 14.9 Å². The number of cyclic esters (lactones) is 1. The molecular formula is C21H30N4O4S3. The van der Waals surface area contributed by atoms with Crippen molar-refractivity contribution in [3.05, 3.63) is 28.2 Å². The Balaban J connectivity index is 1.88. The summed E-state index contributed by atoms with van der Waals surface area (Å²) in [7, 11) is 0. The zero-order chi connectivity index (χ0) is 23.3. The minimum Gasteiger partial charge on any atom is -0.456 e. The summed E-state index contributed by atoms with van der Waals surface area (Å²) in [4.78, 5) is 43.3. The first kappa shape index (κ1) is 25.1. The molecule has 1 aromatic rings. The third-order valence-corrected chi connectivity index (χ3v) is 7.83. The molecule has 176 valence electrons. The number of nitrogens with zero attached hydrogens (tertiary/aromatic N) is 1. The largest absolute Gasteiger partial charge is 0.456 e. The van der Waals surface area contributed by atoms with Crippen LogP contribution in [-0.4, -0.2) is 52.0 Å². The number of carbonyl (C=O) groups excluding carboxylic acids is 3. The molecule has 2 aliphatic heterocycles. The molecule has 8 nitrogen and oxygen atoms in total. The minimum atomic E-state index is -0.844. The van der Waals surface area contributed by atoms with Crippen LogP contribution in [0.2, 0.25) is 0 Å². The van der Waals surface area contributed by atoms with Crippen LogP contribution in [0.3, 0.4) is 0 Å². The molecule has 2 aliphatic rings. The van der Waals surface area contributed by atoms with Gasteiger partial charge >= 0.3 is 5.97 Å². The lowest BCUT2D eigenvalue weighted by Crippen LogP contribution is -2.58. The van der Waals surface area contributed by atoms with Crippen LogP contribution in [-0.2, 0) is 25.7 Å². The predicted molar refractivity (Wildman–Crippen MR) is 130 cm³/mol. The summed E-state index contributed by atoms with van der Waals surface area (Å²) in [5.41, 5.74) is -0.00999. The van der Waals surface area contributed by atoms with Crippen LogP contribution < -0.4 is 16.0 Å². The molecule has 0 spiro atoms. The Bertz CT molecular complexity index is 875. The highest BCUT2D eigenvalue weighted by Gasteiger charge is 2.44. The van der Waals surface area contributed by atoms with Gasteiger partial charge in [0.2, 0.25) is 11.8 Å². The molecule has 0 unspecified atom stereocenters. The van der Waals surface area contributed by atoms with Crippen LogP contribution in [0.4, 0.5) is 0 Å². The van der Waals surface area contributed by atoms with E-state index in [2.05, 4.69) is 33.6 Å². The first-order valence-electron chi connectivity index (χ1n) is 10.6. The van der Waals surface area contributed by atoms with Gasteiger partial charge < -0.3 is 15.4 Å². The van der Waals surface area contributed by atoms with Gasteiger partial charge in [-0.15, -0.1) is 23.1 Å². The van der Waals surface area contributed by atoms with Gasteiger partial charge in [-0.05, 0) is 31.1 Å². The number of thiol groups is 1. The third-order valence-electron chi connectivity index (χ3n) is 5.27. The van der Waals surface area contributed by atoms with Crippen LogP contribution in [0.25, 0.3) is 0 Å². The minimum absolute atomic E-state index is 0.0104. The summed E-state index contributed by atoms with van der Waals surface area (Å²) in [6.07, 6.45) is 3.49. The molecule has 3 heterocycles. The maximum absolute atomic E-state index is 13.2. The fraction of sp³-hybridized carbons (Fsp3) is 0.619. The number of amides is 2. The van der Waals surface area contributed by atoms with Crippen molar-refractivity contribution in [3.8, 4) is 0 Å². The summed E-state index contributed by atoms with van der Waals surface area (Å²) in [6.45, 7) is 5.83. The number of allylic oxidation sites excluding steroid dienone is 1. The Morgan fingerprint density at radius 2 is 2.16 bits per heavy atom. The molecule has 0 aliphatic carbocycles. The van der Waals surface area contributed by atoms with E-state index < -0.39 is 23.7 Å². The SMILES string of the molecule is CC(C)[C@@H]1NC(=O)[C@]2(C)CS[C@@H](N2)c2csc(n2)CNC(=O)C[C@@H](/C=C/CCS)OC1=O. The predicted octanol–water partition coefficient (Wildman–Crippen LogP) is 2.19. The summed E-state index contributed by atoms with van der Waals surface area (Å²) >= 11 is 7.24. The maximum atomic E-state index is 13.2. The van der Waals surface area contributed by atoms with Crippen LogP contribution in [0.15, 0.2) is 17.5 Å². The molecule has 0 saturated carbocycles. The van der Waals surface area contributed by atoms with Crippen LogP contribution >= 0.6 is 35.7 Å². The van der Waals surface area contributed by atoms with Crippen molar-refractivity contribution in [2.75, 3.05) is 11.5 Å². The van der Waals surface area contributed by atoms with Gasteiger partial charge in [0.15, 0.2) is 0 Å². The van der Waals surface area contributed by atoms with Crippen molar-refractivity contribution < 1.29 is 19.1 Å². The number of thiazole rings is 1. The van der Waals surface area contributed by atoms with Gasteiger partial charge in [0.25, 0.3) is 0 Å². The number of esters is 1. The molecule has 4 bridgehead atoms. The monoisotopic (exact) mass is 498 g/mol. The lowest BCUT2D eigenvalue weighted by atomic mass is 9.99. The topological polar surface area (TPSA) is 109 Å². The Morgan fingerprint density at radius 3 is 2.88 bits per heavy atom. The van der Waals surface area contributed by atoms with E-state index in [1.807, 2.05) is 32.2 Å². The van der Waals surface area contributed by atoms with E-state index in [-0.39, 0.29) is 29.5 Å². The molecule has 0 radical (unpaired) electrons. The Kier molecular flexibility index (Phi) is 8.65. The van der Waals surface area contributed by atoms with Crippen molar-refractivity contribution in [2.45, 2.75) is 63.2 Å². The maximum Gasteiger partial charge on any atom is 0.329 e. The Labute approximate surface area is 202 Å². The second-order valence-electron chi connectivity index (χ2n) is 8.43. The summed E-state index contributed by atoms with van der Waals surface area (Å²) in [5.74, 6) is -0.0514. The number of nitrogens with one attached hydrogen (secondary N) is 3. The van der Waals surface area contributed by atoms with E-state index >= 15 is 0 Å². The third kappa shape index (κ3) is 6.27. The fourth-order valence-electron chi connectivity index (χ4n) is 3.36. The van der Waals surface area contributed by atoms with E-state index in [0.29, 0.717) is 24.5 Å². The average molecular weight is 499 g/mol. The number of carbonyl (C=O) groups is 3. The van der Waals surface area contributed by atoms with Gasteiger partial charge in [0, 0.05) is 11.1 Å². The quantitative estimate of drug-likeness (QED) is 0.286. The Hall–Kier alpha value is -1.56. The van der Waals surface area contributed by atoms with Crippen LogP contribution in [0.1, 0.15) is 49.7 Å². The van der Waals surface area contributed by atoms with Crippen LogP contribution in [0, 0.1) is 5.92 Å². The van der Waals surface area contributed by atoms with E-state index in [0.717, 1.165) is 10.7 Å². The van der Waals surface area contributed by atoms with Gasteiger partial charge in [0.05, 0.1) is 24.0 Å². The number of ether oxygens (including phenoxy) is 1. The highest BCUT2D eigenvalue weighted by Crippen LogP contribution is 2.38. The van der Waals surface area contributed by atoms with E-state index in [1.54, 1.807) is 17.8 Å². The zero-order valence-corrected chi connectivity index (χ0v) is 20.9. The molecule has 32 heavy (non-hydrogen) atoms. The standard InChI is InChI=1S/C21H30N4O4S3/c1-12(2)17-19(27)29-13(6-4-5-7-30)8-15(26)22-9-16-23-14(10-31-16)18-25-21(3,11-32-18)20(28)24-17/h4,6,10,12-13,17-18,25,30H,5,7-9,11H2,1-3H3,(H,22,26)(H,24,28)/b6-4+/t13-,17+,18-,21+/m1/s1. The van der Waals surface area contributed by atoms with Crippen molar-refractivity contribution in [3.63, 3.8) is 0 Å². The Morgan fingerprint density at radius 1 is 1.38 bits per heavy atom. The number of hydrogen-bond donors (Lipinski definition) is 4. The van der Waals surface area contributed by atoms with Gasteiger partial charge in [0.1, 0.15) is 22.7 Å². The van der Waals surface area contributed by atoms with Gasteiger partial charge in [-0.1, -0.05) is 19.9 Å². The van der Waals surface area contributed by atoms with Gasteiger partial charge in [-0.25, -0.2) is 9.78 Å². The second-order valence-corrected chi connectivity index (χ2v) is 10.9. The number of aromatic nitrogens is 1. The lowest BCUT2D eigenvalue weighted by molar-refractivity contribution is -0.153. The smallest absolute Gasteiger partial charge is 0.329 e. The summed E-state index contributed by atoms with van der Waals surface area (Å²) in [5, 5.41) is 11.7. The number of thioether (sulfide) groups is 1. The normalized spacial score (nSPS) is 29.8. The van der Waals surface area contributed by atoms with E-state index in [4.69, 9.17) is 4.74 Å². The van der Waals surface area contributed by atoms with Crippen molar-refractivity contribution in [1.82, 2.24) is 20.9 Å². The lowest BCUT2D eigenvalue weighted by Gasteiger charge is -2.29. The number of hydrogen-bond acceptors (Lipinski definition) is 9. The highest BCUT2D eigenvalue weighted by molar-refractivity contribution is 7.99. The van der Waals surface area contributed by atoms with E-state index in [1.165, 1.54) is 11.3 Å². The first-order chi connectivity index (χ1) is 15.2. The molecule has 3 rings (SSSR count). The molecule has 11 heteroatoms. The highest BCUT2D eigenvalue weighted by atomic mass is 32.2. The van der Waals surface area contributed by atoms with Gasteiger partial charge in [-0.2, -0.15) is 12.6 Å². The number of rotatable bonds is 4. The average Bonchev–Trinajstić information content (AvgIpc) is 3.37. The number of fused-ring (bicyclic) bond motifs is 5. The van der Waals surface area contributed by atoms with Crippen molar-refractivity contribution >= 4 is 53.5 Å². The van der Waals surface area contributed by atoms with Crippen molar-refractivity contribution in [1.29, 1.82) is 0 Å². The van der Waals surface area contributed by atoms with Crippen LogP contribution in [0.5, 0.6) is 0 Å². The molecule has 4 atom stereocenters. The molecule has 2 amide bonds. The molecule has 1 fully saturated rings. The first-order valence-corrected chi connectivity index (χ1v) is 13.2. The summed E-state index contributed by atoms with van der Waals surface area (Å²) < 4.78 is 5.67. The molecule has 3 N–H and O–H groups in total.